The number of aryl methyl sites for hydroxylation is 1. The first-order valence-corrected chi connectivity index (χ1v) is 8.29. The van der Waals surface area contributed by atoms with Gasteiger partial charge >= 0.3 is 6.09 Å². The van der Waals surface area contributed by atoms with E-state index in [1.54, 1.807) is 6.07 Å². The van der Waals surface area contributed by atoms with Crippen LogP contribution in [0.3, 0.4) is 0 Å². The van der Waals surface area contributed by atoms with E-state index in [9.17, 15) is 9.18 Å². The Bertz CT molecular complexity index is 554. The Morgan fingerprint density at radius 3 is 2.83 bits per heavy atom. The van der Waals surface area contributed by atoms with Gasteiger partial charge in [0.1, 0.15) is 11.4 Å². The van der Waals surface area contributed by atoms with Gasteiger partial charge in [0.25, 0.3) is 0 Å². The molecule has 5 heteroatoms. The van der Waals surface area contributed by atoms with Crippen molar-refractivity contribution in [2.75, 3.05) is 6.54 Å². The Labute approximate surface area is 137 Å². The monoisotopic (exact) mass is 322 g/mol. The van der Waals surface area contributed by atoms with E-state index in [-0.39, 0.29) is 17.9 Å². The first kappa shape index (κ1) is 17.7. The fourth-order valence-corrected chi connectivity index (χ4v) is 2.89. The van der Waals surface area contributed by atoms with Gasteiger partial charge in [0.05, 0.1) is 0 Å². The van der Waals surface area contributed by atoms with Gasteiger partial charge in [-0.15, -0.1) is 0 Å². The maximum Gasteiger partial charge on any atom is 0.407 e. The SMILES string of the molecule is CCC(CNC(=O)OC(C)(C)C)NC1CCc2cc(F)ccc21. The average Bonchev–Trinajstić information content (AvgIpc) is 2.83. The number of carbonyl (C=O) groups excluding carboxylic acids is 1. The standard InChI is InChI=1S/C18H27FN2O2/c1-5-14(11-20-17(22)23-18(2,3)4)21-16-9-6-12-10-13(19)7-8-15(12)16/h7-8,10,14,16,21H,5-6,9,11H2,1-4H3,(H,20,22). The highest BCUT2D eigenvalue weighted by atomic mass is 19.1. The molecule has 0 spiro atoms. The van der Waals surface area contributed by atoms with Crippen LogP contribution < -0.4 is 10.6 Å². The van der Waals surface area contributed by atoms with E-state index in [0.717, 1.165) is 24.8 Å². The van der Waals surface area contributed by atoms with Crippen molar-refractivity contribution in [3.63, 3.8) is 0 Å². The van der Waals surface area contributed by atoms with E-state index in [4.69, 9.17) is 4.74 Å². The maximum absolute atomic E-state index is 13.3. The number of nitrogens with one attached hydrogen (secondary N) is 2. The van der Waals surface area contributed by atoms with Crippen molar-refractivity contribution in [3.05, 3.63) is 35.1 Å². The zero-order chi connectivity index (χ0) is 17.0. The van der Waals surface area contributed by atoms with Crippen molar-refractivity contribution < 1.29 is 13.9 Å². The Balaban J connectivity index is 1.88. The number of ether oxygens (including phenoxy) is 1. The zero-order valence-electron chi connectivity index (χ0n) is 14.4. The third kappa shape index (κ3) is 5.20. The molecule has 2 unspecified atom stereocenters. The lowest BCUT2D eigenvalue weighted by atomic mass is 10.1. The second-order valence-corrected chi connectivity index (χ2v) is 7.09. The number of hydrogen-bond acceptors (Lipinski definition) is 3. The summed E-state index contributed by atoms with van der Waals surface area (Å²) >= 11 is 0. The summed E-state index contributed by atoms with van der Waals surface area (Å²) < 4.78 is 18.5. The van der Waals surface area contributed by atoms with Crippen molar-refractivity contribution >= 4 is 6.09 Å². The topological polar surface area (TPSA) is 50.4 Å². The maximum atomic E-state index is 13.3. The lowest BCUT2D eigenvalue weighted by molar-refractivity contribution is 0.0521. The molecule has 2 N–H and O–H groups in total. The summed E-state index contributed by atoms with van der Waals surface area (Å²) in [6.07, 6.45) is 2.34. The lowest BCUT2D eigenvalue weighted by Crippen LogP contribution is -2.43. The van der Waals surface area contributed by atoms with Crippen molar-refractivity contribution in [2.24, 2.45) is 0 Å². The van der Waals surface area contributed by atoms with Gasteiger partial charge in [-0.3, -0.25) is 0 Å². The van der Waals surface area contributed by atoms with Gasteiger partial charge in [-0.25, -0.2) is 9.18 Å². The second kappa shape index (κ2) is 7.30. The van der Waals surface area contributed by atoms with E-state index >= 15 is 0 Å². The van der Waals surface area contributed by atoms with Crippen LogP contribution in [0, 0.1) is 5.82 Å². The molecular weight excluding hydrogens is 295 g/mol. The minimum atomic E-state index is -0.492. The largest absolute Gasteiger partial charge is 0.444 e. The summed E-state index contributed by atoms with van der Waals surface area (Å²) in [5.41, 5.74) is 1.76. The molecule has 0 radical (unpaired) electrons. The minimum absolute atomic E-state index is 0.156. The van der Waals surface area contributed by atoms with Crippen LogP contribution >= 0.6 is 0 Å². The van der Waals surface area contributed by atoms with Gasteiger partial charge in [-0.2, -0.15) is 0 Å². The molecule has 0 heterocycles. The van der Waals surface area contributed by atoms with Crippen LogP contribution in [0.25, 0.3) is 0 Å². The average molecular weight is 322 g/mol. The van der Waals surface area contributed by atoms with Gasteiger partial charge in [0, 0.05) is 18.6 Å². The molecule has 0 bridgehead atoms. The molecule has 1 aliphatic rings. The highest BCUT2D eigenvalue weighted by Crippen LogP contribution is 2.31. The molecule has 0 fully saturated rings. The van der Waals surface area contributed by atoms with Gasteiger partial charge in [-0.05, 0) is 63.3 Å². The Morgan fingerprint density at radius 1 is 1.43 bits per heavy atom. The van der Waals surface area contributed by atoms with Crippen molar-refractivity contribution in [2.45, 2.75) is 64.6 Å². The highest BCUT2D eigenvalue weighted by Gasteiger charge is 2.25. The Kier molecular flexibility index (Phi) is 5.63. The minimum Gasteiger partial charge on any atom is -0.444 e. The molecule has 0 saturated carbocycles. The third-order valence-electron chi connectivity index (χ3n) is 4.00. The van der Waals surface area contributed by atoms with Crippen molar-refractivity contribution in [1.29, 1.82) is 0 Å². The van der Waals surface area contributed by atoms with E-state index < -0.39 is 11.7 Å². The normalized spacial score (nSPS) is 18.4. The molecule has 0 aromatic heterocycles. The smallest absolute Gasteiger partial charge is 0.407 e. The van der Waals surface area contributed by atoms with Crippen LogP contribution in [-0.4, -0.2) is 24.3 Å². The van der Waals surface area contributed by atoms with Crippen LogP contribution in [0.15, 0.2) is 18.2 Å². The van der Waals surface area contributed by atoms with Gasteiger partial charge < -0.3 is 15.4 Å². The summed E-state index contributed by atoms with van der Waals surface area (Å²) in [6, 6.07) is 5.37. The Hall–Kier alpha value is -1.62. The summed E-state index contributed by atoms with van der Waals surface area (Å²) in [4.78, 5) is 11.7. The predicted octanol–water partition coefficient (Wildman–Crippen LogP) is 3.71. The molecule has 4 nitrogen and oxygen atoms in total. The number of alkyl carbamates (subject to hydrolysis) is 1. The fraction of sp³-hybridized carbons (Fsp3) is 0.611. The van der Waals surface area contributed by atoms with Gasteiger partial charge in [0.15, 0.2) is 0 Å². The molecule has 1 amide bonds. The number of halogens is 1. The van der Waals surface area contributed by atoms with Crippen LogP contribution in [0.2, 0.25) is 0 Å². The number of amides is 1. The molecule has 2 atom stereocenters. The highest BCUT2D eigenvalue weighted by molar-refractivity contribution is 5.67. The molecular formula is C18H27FN2O2. The molecule has 23 heavy (non-hydrogen) atoms. The Morgan fingerprint density at radius 2 is 2.17 bits per heavy atom. The molecule has 128 valence electrons. The van der Waals surface area contributed by atoms with Gasteiger partial charge in [0.2, 0.25) is 0 Å². The molecule has 0 aliphatic heterocycles. The van der Waals surface area contributed by atoms with Gasteiger partial charge in [-0.1, -0.05) is 13.0 Å². The molecule has 1 aromatic carbocycles. The molecule has 2 rings (SSSR count). The van der Waals surface area contributed by atoms with Crippen molar-refractivity contribution in [1.82, 2.24) is 10.6 Å². The molecule has 0 saturated heterocycles. The number of rotatable bonds is 5. The zero-order valence-corrected chi connectivity index (χ0v) is 14.4. The predicted molar refractivity (Wildman–Crippen MR) is 88.9 cm³/mol. The van der Waals surface area contributed by atoms with E-state index in [1.807, 2.05) is 26.8 Å². The van der Waals surface area contributed by atoms with Crippen LogP contribution in [0.5, 0.6) is 0 Å². The molecule has 1 aromatic rings. The second-order valence-electron chi connectivity index (χ2n) is 7.09. The van der Waals surface area contributed by atoms with Crippen LogP contribution in [0.1, 0.15) is 57.7 Å². The fourth-order valence-electron chi connectivity index (χ4n) is 2.89. The summed E-state index contributed by atoms with van der Waals surface area (Å²) in [6.45, 7) is 8.12. The quantitative estimate of drug-likeness (QED) is 0.869. The lowest BCUT2D eigenvalue weighted by Gasteiger charge is -2.24. The number of carbonyl (C=O) groups is 1. The molecule has 1 aliphatic carbocycles. The summed E-state index contributed by atoms with van der Waals surface area (Å²) in [5, 5.41) is 6.38. The first-order valence-electron chi connectivity index (χ1n) is 8.29. The first-order chi connectivity index (χ1) is 10.8. The van der Waals surface area contributed by atoms with Crippen LogP contribution in [0.4, 0.5) is 9.18 Å². The summed E-state index contributed by atoms with van der Waals surface area (Å²) in [7, 11) is 0. The summed E-state index contributed by atoms with van der Waals surface area (Å²) in [5.74, 6) is -0.178. The van der Waals surface area contributed by atoms with E-state index in [0.29, 0.717) is 6.54 Å². The number of hydrogen-bond donors (Lipinski definition) is 2. The van der Waals surface area contributed by atoms with E-state index in [1.165, 1.54) is 11.6 Å². The number of benzene rings is 1. The van der Waals surface area contributed by atoms with Crippen molar-refractivity contribution in [3.8, 4) is 0 Å². The van der Waals surface area contributed by atoms with Crippen LogP contribution in [-0.2, 0) is 11.2 Å². The third-order valence-corrected chi connectivity index (χ3v) is 4.00. The van der Waals surface area contributed by atoms with E-state index in [2.05, 4.69) is 17.6 Å². The number of fused-ring (bicyclic) bond motifs is 1.